The Bertz CT molecular complexity index is 1130. The Morgan fingerprint density at radius 1 is 0.636 bits per heavy atom. The fourth-order valence-corrected chi connectivity index (χ4v) is 5.35. The monoisotopic (exact) mass is 631 g/mol. The summed E-state index contributed by atoms with van der Waals surface area (Å²) in [5, 5.41) is 112. The molecular weight excluding hydrogens is 594 g/mol. The van der Waals surface area contributed by atoms with Crippen LogP contribution in [0, 0.1) is 11.3 Å². The Hall–Kier alpha value is -2.22. The Balaban J connectivity index is 1.42. The molecule has 3 aliphatic heterocycles. The van der Waals surface area contributed by atoms with Gasteiger partial charge in [0.15, 0.2) is 18.4 Å². The molecule has 3 fully saturated rings. The number of carbonyl (C=O) groups is 1. The lowest BCUT2D eigenvalue weighted by molar-refractivity contribution is -0.372. The van der Waals surface area contributed by atoms with Gasteiger partial charge in [-0.2, -0.15) is 5.26 Å². The van der Waals surface area contributed by atoms with Crippen LogP contribution in [-0.2, 0) is 23.7 Å². The number of nitrogens with zero attached hydrogens (tertiary/aromatic N) is 1. The highest BCUT2D eigenvalue weighted by Gasteiger charge is 2.53. The van der Waals surface area contributed by atoms with Crippen molar-refractivity contribution in [1.82, 2.24) is 0 Å². The van der Waals surface area contributed by atoms with Crippen molar-refractivity contribution in [3.05, 3.63) is 35.4 Å². The van der Waals surface area contributed by atoms with Crippen LogP contribution in [0.25, 0.3) is 0 Å². The lowest BCUT2D eigenvalue weighted by Gasteiger charge is -2.48. The Labute approximate surface area is 250 Å². The van der Waals surface area contributed by atoms with E-state index in [1.807, 2.05) is 6.07 Å². The van der Waals surface area contributed by atoms with Crippen molar-refractivity contribution >= 4 is 5.78 Å². The molecule has 246 valence electrons. The first-order valence-electron chi connectivity index (χ1n) is 13.8. The smallest absolute Gasteiger partial charge is 0.187 e. The van der Waals surface area contributed by atoms with Crippen molar-refractivity contribution in [2.75, 3.05) is 19.8 Å². The van der Waals surface area contributed by atoms with Crippen LogP contribution in [0.4, 0.5) is 0 Å². The summed E-state index contributed by atoms with van der Waals surface area (Å²) in [6.45, 7) is -2.38. The van der Waals surface area contributed by atoms with Crippen molar-refractivity contribution in [2.45, 2.75) is 98.4 Å². The average Bonchev–Trinajstić information content (AvgIpc) is 3.03. The van der Waals surface area contributed by atoms with E-state index in [0.717, 1.165) is 0 Å². The molecule has 0 aliphatic carbocycles. The summed E-state index contributed by atoms with van der Waals surface area (Å²) >= 11 is 0. The summed E-state index contributed by atoms with van der Waals surface area (Å²) in [6.07, 6.45) is -25.3. The van der Waals surface area contributed by atoms with Crippen LogP contribution in [-0.4, -0.2) is 169 Å². The van der Waals surface area contributed by atoms with Crippen LogP contribution in [0.15, 0.2) is 24.3 Å². The molecule has 3 heterocycles. The first-order valence-corrected chi connectivity index (χ1v) is 13.8. The van der Waals surface area contributed by atoms with E-state index in [1.54, 1.807) is 0 Å². The number of benzene rings is 1. The van der Waals surface area contributed by atoms with Crippen molar-refractivity contribution in [2.24, 2.45) is 0 Å². The maximum atomic E-state index is 12.7. The van der Waals surface area contributed by atoms with Gasteiger partial charge in [-0.3, -0.25) is 4.79 Å². The molecule has 15 atom stereocenters. The summed E-state index contributed by atoms with van der Waals surface area (Å²) < 4.78 is 27.6. The molecule has 0 radical (unpaired) electrons. The first-order chi connectivity index (χ1) is 20.9. The number of ketones is 1. The number of nitriles is 1. The van der Waals surface area contributed by atoms with E-state index < -0.39 is 124 Å². The number of hydrogen-bond acceptors (Lipinski definition) is 17. The minimum atomic E-state index is -1.95. The summed E-state index contributed by atoms with van der Waals surface area (Å²) in [6, 6.07) is 7.63. The van der Waals surface area contributed by atoms with Gasteiger partial charge in [0.05, 0.1) is 37.6 Å². The zero-order valence-corrected chi connectivity index (χ0v) is 23.2. The van der Waals surface area contributed by atoms with Crippen LogP contribution in [0.3, 0.4) is 0 Å². The van der Waals surface area contributed by atoms with Crippen molar-refractivity contribution < 1.29 is 79.5 Å². The van der Waals surface area contributed by atoms with Crippen LogP contribution >= 0.6 is 0 Å². The van der Waals surface area contributed by atoms with E-state index in [0.29, 0.717) is 5.56 Å². The highest BCUT2D eigenvalue weighted by molar-refractivity contribution is 5.96. The van der Waals surface area contributed by atoms with Crippen molar-refractivity contribution in [3.8, 4) is 6.07 Å². The van der Waals surface area contributed by atoms with Crippen LogP contribution in [0.2, 0.25) is 0 Å². The zero-order chi connectivity index (χ0) is 32.3. The predicted molar refractivity (Wildman–Crippen MR) is 139 cm³/mol. The van der Waals surface area contributed by atoms with Gasteiger partial charge < -0.3 is 74.7 Å². The van der Waals surface area contributed by atoms with Gasteiger partial charge in [-0.1, -0.05) is 12.1 Å². The third kappa shape index (κ3) is 7.10. The molecule has 17 nitrogen and oxygen atoms in total. The Morgan fingerprint density at radius 2 is 1.09 bits per heavy atom. The van der Waals surface area contributed by atoms with E-state index >= 15 is 0 Å². The molecule has 0 saturated carbocycles. The molecule has 1 aromatic rings. The summed E-state index contributed by atoms with van der Waals surface area (Å²) in [5.41, 5.74) is 0.551. The number of rotatable bonds is 10. The fourth-order valence-electron chi connectivity index (χ4n) is 5.35. The number of carbonyl (C=O) groups excluding carboxylic acids is 1. The van der Waals surface area contributed by atoms with Gasteiger partial charge >= 0.3 is 0 Å². The first kappa shape index (κ1) is 34.6. The standard InChI is InChI=1S/C27H37NO16/c28-6-10-1-3-11(4-2-10)12(32)5-13-17(33)20(36)24(15(8-30)40-13)43-27-23(39)21(37)25(16(9-31)42-27)44-26-22(38)19(35)18(34)14(7-29)41-26/h1-4,13-27,29-31,33-39H,5,7-9H2/t13-,14?,15?,16?,17?,18+,19?,20?,21?,22?,23?,24+,25+,26+,27+/m0/s1. The van der Waals surface area contributed by atoms with Gasteiger partial charge in [0.25, 0.3) is 0 Å². The van der Waals surface area contributed by atoms with Crippen LogP contribution in [0.5, 0.6) is 0 Å². The van der Waals surface area contributed by atoms with Gasteiger partial charge in [0.2, 0.25) is 0 Å². The second-order valence-corrected chi connectivity index (χ2v) is 10.8. The van der Waals surface area contributed by atoms with Gasteiger partial charge in [-0.15, -0.1) is 0 Å². The number of hydrogen-bond donors (Lipinski definition) is 10. The molecule has 0 aromatic heterocycles. The normalized spacial score (nSPS) is 42.9. The number of aliphatic hydroxyl groups is 10. The molecule has 4 rings (SSSR count). The van der Waals surface area contributed by atoms with Crippen molar-refractivity contribution in [3.63, 3.8) is 0 Å². The number of Topliss-reactive ketones (excluding diaryl/α,β-unsaturated/α-hetero) is 1. The average molecular weight is 632 g/mol. The molecule has 17 heteroatoms. The maximum Gasteiger partial charge on any atom is 0.187 e. The van der Waals surface area contributed by atoms with Gasteiger partial charge in [0.1, 0.15) is 73.2 Å². The van der Waals surface area contributed by atoms with Crippen molar-refractivity contribution in [1.29, 1.82) is 5.26 Å². The third-order valence-corrected chi connectivity index (χ3v) is 7.94. The van der Waals surface area contributed by atoms with Crippen LogP contribution in [0.1, 0.15) is 22.3 Å². The topological polar surface area (TPSA) is 289 Å². The highest BCUT2D eigenvalue weighted by Crippen LogP contribution is 2.33. The predicted octanol–water partition coefficient (Wildman–Crippen LogP) is -5.38. The lowest BCUT2D eigenvalue weighted by Crippen LogP contribution is -2.66. The maximum absolute atomic E-state index is 12.7. The number of ether oxygens (including phenoxy) is 5. The molecule has 44 heavy (non-hydrogen) atoms. The van der Waals surface area contributed by atoms with Gasteiger partial charge in [0, 0.05) is 12.0 Å². The molecule has 9 unspecified atom stereocenters. The largest absolute Gasteiger partial charge is 0.394 e. The highest BCUT2D eigenvalue weighted by atomic mass is 16.7. The third-order valence-electron chi connectivity index (χ3n) is 7.94. The molecule has 3 saturated heterocycles. The Morgan fingerprint density at radius 3 is 1.61 bits per heavy atom. The van der Waals surface area contributed by atoms with E-state index in [9.17, 15) is 55.9 Å². The van der Waals surface area contributed by atoms with Gasteiger partial charge in [-0.25, -0.2) is 0 Å². The second-order valence-electron chi connectivity index (χ2n) is 10.8. The second kappa shape index (κ2) is 14.9. The van der Waals surface area contributed by atoms with E-state index in [2.05, 4.69) is 0 Å². The molecule has 0 amide bonds. The van der Waals surface area contributed by atoms with E-state index in [4.69, 9.17) is 28.9 Å². The summed E-state index contributed by atoms with van der Waals surface area (Å²) in [7, 11) is 0. The lowest BCUT2D eigenvalue weighted by atomic mass is 9.91. The molecule has 10 N–H and O–H groups in total. The fraction of sp³-hybridized carbons (Fsp3) is 0.704. The zero-order valence-electron chi connectivity index (χ0n) is 23.2. The minimum absolute atomic E-state index is 0.219. The molecule has 3 aliphatic rings. The molecule has 1 aromatic carbocycles. The SMILES string of the molecule is N#Cc1ccc(C(=O)C[C@@H]2OC(CO)[C@@H](O[C@H]3OC(CO)[C@@H](O[C@H]4OC(CO)[C@@H](O)C(O)C4O)C(O)C3O)C(O)C2O)cc1. The molecule has 0 spiro atoms. The Kier molecular flexibility index (Phi) is 11.7. The quantitative estimate of drug-likeness (QED) is 0.108. The summed E-state index contributed by atoms with van der Waals surface area (Å²) in [4.78, 5) is 12.7. The minimum Gasteiger partial charge on any atom is -0.394 e. The van der Waals surface area contributed by atoms with E-state index in [1.165, 1.54) is 24.3 Å². The number of aliphatic hydroxyl groups excluding tert-OH is 10. The van der Waals surface area contributed by atoms with Crippen LogP contribution < -0.4 is 0 Å². The summed E-state index contributed by atoms with van der Waals surface area (Å²) in [5.74, 6) is -0.479. The molecular formula is C27H37NO16. The van der Waals surface area contributed by atoms with E-state index in [-0.39, 0.29) is 5.56 Å². The molecule has 0 bridgehead atoms. The van der Waals surface area contributed by atoms with Gasteiger partial charge in [-0.05, 0) is 12.1 Å².